The smallest absolute Gasteiger partial charge is 0.315 e. The van der Waals surface area contributed by atoms with Gasteiger partial charge in [0.2, 0.25) is 11.8 Å². The number of nitrogens with one attached hydrogen (secondary N) is 5. The fraction of sp³-hybridized carbons (Fsp3) is 0.812. The number of thioether (sulfide) groups is 1. The van der Waals surface area contributed by atoms with E-state index in [-0.39, 0.29) is 42.2 Å². The van der Waals surface area contributed by atoms with Crippen molar-refractivity contribution in [1.29, 1.82) is 0 Å². The summed E-state index contributed by atoms with van der Waals surface area (Å²) in [4.78, 5) is 40.3. The summed E-state index contributed by atoms with van der Waals surface area (Å²) in [6, 6.07) is 0.330. The molecule has 5 N–H and O–H groups in total. The van der Waals surface area contributed by atoms with Gasteiger partial charge in [0.1, 0.15) is 12.0 Å². The van der Waals surface area contributed by atoms with Gasteiger partial charge >= 0.3 is 6.03 Å². The normalized spacial score (nSPS) is 25.6. The van der Waals surface area contributed by atoms with Crippen LogP contribution in [0.3, 0.4) is 0 Å². The number of aromatic nitrogens is 2. The molecule has 0 saturated carbocycles. The molecule has 4 heterocycles. The molecule has 266 valence electrons. The van der Waals surface area contributed by atoms with Crippen LogP contribution in [0.4, 0.5) is 10.6 Å². The summed E-state index contributed by atoms with van der Waals surface area (Å²) in [5.41, 5.74) is 0. The van der Waals surface area contributed by atoms with Crippen LogP contribution in [0, 0.1) is 5.92 Å². The molecule has 0 aliphatic carbocycles. The molecule has 4 unspecified atom stereocenters. The molecule has 7 atom stereocenters. The third-order valence-corrected chi connectivity index (χ3v) is 10.2. The highest BCUT2D eigenvalue weighted by atomic mass is 32.2. The minimum absolute atomic E-state index is 0.00563. The Hall–Kier alpha value is -2.59. The largest absolute Gasteiger partial charge is 0.377 e. The highest BCUT2D eigenvalue weighted by molar-refractivity contribution is 8.00. The van der Waals surface area contributed by atoms with Crippen LogP contribution in [0.15, 0.2) is 12.5 Å². The lowest BCUT2D eigenvalue weighted by atomic mass is 10.0. The average molecular weight is 682 g/mol. The Bertz CT molecular complexity index is 1110. The van der Waals surface area contributed by atoms with Crippen molar-refractivity contribution in [3.05, 3.63) is 12.5 Å². The number of carbonyl (C=O) groups excluding carboxylic acids is 3. The van der Waals surface area contributed by atoms with Gasteiger partial charge in [-0.05, 0) is 32.6 Å². The van der Waals surface area contributed by atoms with Gasteiger partial charge in [-0.3, -0.25) is 9.59 Å². The van der Waals surface area contributed by atoms with E-state index in [0.29, 0.717) is 82.8 Å². The molecule has 1 aromatic rings. The molecule has 47 heavy (non-hydrogen) atoms. The standard InChI is InChI=1S/C32H55N7O7S/c1-4-24-17-22(2)31(46-24)39-19-27(35-21-39)36-23(3)18-29(41)34-10-12-44-14-16-45-15-13-43-11-9-33-28(40)8-6-5-7-26-30-25(20-47-26)37-32(42)38-30/h19,21-26,30-31,36H,4-18,20H2,1-3H3,(H,33,40)(H,34,41)(H2,37,38,42)/t22-,23?,24+,25?,26?,30?,31+/m0/s1. The maximum Gasteiger partial charge on any atom is 0.315 e. The topological polar surface area (TPSA) is 166 Å². The zero-order chi connectivity index (χ0) is 33.4. The second-order valence-corrected chi connectivity index (χ2v) is 13.9. The van der Waals surface area contributed by atoms with E-state index >= 15 is 0 Å². The molecule has 3 saturated heterocycles. The molecule has 3 aliphatic heterocycles. The SMILES string of the molecule is CC[C@@H]1C[C@H](C)[C@H](n2cnc(NC(C)CC(=O)NCCOCCOCCOCCNC(=O)CCCCC3SCC4NC(=O)NC43)c2)O1. The van der Waals surface area contributed by atoms with E-state index in [0.717, 1.165) is 43.7 Å². The van der Waals surface area contributed by atoms with Gasteiger partial charge in [0.05, 0.1) is 70.4 Å². The molecular formula is C32H55N7O7S. The zero-order valence-corrected chi connectivity index (χ0v) is 29.0. The van der Waals surface area contributed by atoms with Gasteiger partial charge < -0.3 is 50.1 Å². The zero-order valence-electron chi connectivity index (χ0n) is 28.2. The molecule has 0 radical (unpaired) electrons. The average Bonchev–Trinajstić information content (AvgIpc) is 3.82. The quantitative estimate of drug-likeness (QED) is 0.0856. The molecule has 4 rings (SSSR count). The number of nitrogens with zero attached hydrogens (tertiary/aromatic N) is 2. The van der Waals surface area contributed by atoms with Crippen molar-refractivity contribution in [2.45, 2.75) is 101 Å². The Labute approximate surface area is 282 Å². The maximum atomic E-state index is 12.3. The number of unbranched alkanes of at least 4 members (excludes halogenated alkanes) is 1. The lowest BCUT2D eigenvalue weighted by molar-refractivity contribution is -0.122. The number of hydrogen-bond acceptors (Lipinski definition) is 10. The number of urea groups is 1. The number of hydrogen-bond donors (Lipinski definition) is 5. The molecule has 3 fully saturated rings. The van der Waals surface area contributed by atoms with Gasteiger partial charge in [-0.1, -0.05) is 20.3 Å². The summed E-state index contributed by atoms with van der Waals surface area (Å²) in [5, 5.41) is 15.5. The van der Waals surface area contributed by atoms with Crippen molar-refractivity contribution in [3.8, 4) is 0 Å². The van der Waals surface area contributed by atoms with Crippen molar-refractivity contribution in [3.63, 3.8) is 0 Å². The van der Waals surface area contributed by atoms with Crippen molar-refractivity contribution < 1.29 is 33.3 Å². The summed E-state index contributed by atoms with van der Waals surface area (Å²) >= 11 is 1.90. The molecule has 0 aromatic carbocycles. The lowest BCUT2D eigenvalue weighted by Crippen LogP contribution is -2.36. The fourth-order valence-corrected chi connectivity index (χ4v) is 7.72. The van der Waals surface area contributed by atoms with E-state index in [9.17, 15) is 14.4 Å². The highest BCUT2D eigenvalue weighted by Crippen LogP contribution is 2.36. The third kappa shape index (κ3) is 12.7. The van der Waals surface area contributed by atoms with Crippen molar-refractivity contribution >= 4 is 35.4 Å². The Morgan fingerprint density at radius 1 is 1.06 bits per heavy atom. The monoisotopic (exact) mass is 681 g/mol. The second kappa shape index (κ2) is 20.0. The second-order valence-electron chi connectivity index (χ2n) is 12.6. The van der Waals surface area contributed by atoms with Gasteiger partial charge in [0.15, 0.2) is 0 Å². The van der Waals surface area contributed by atoms with Crippen LogP contribution in [0.25, 0.3) is 0 Å². The maximum absolute atomic E-state index is 12.3. The summed E-state index contributed by atoms with van der Waals surface area (Å²) in [5.74, 6) is 2.11. The van der Waals surface area contributed by atoms with Crippen molar-refractivity contribution in [2.75, 3.05) is 63.8 Å². The molecule has 3 aliphatic rings. The van der Waals surface area contributed by atoms with Gasteiger partial charge in [-0.15, -0.1) is 0 Å². The van der Waals surface area contributed by atoms with Gasteiger partial charge in [-0.2, -0.15) is 11.8 Å². The number of rotatable bonds is 23. The minimum atomic E-state index is -0.0708. The first-order chi connectivity index (χ1) is 22.8. The van der Waals surface area contributed by atoms with Crippen LogP contribution < -0.4 is 26.6 Å². The molecule has 14 nitrogen and oxygen atoms in total. The predicted molar refractivity (Wildman–Crippen MR) is 180 cm³/mol. The Morgan fingerprint density at radius 2 is 1.77 bits per heavy atom. The minimum Gasteiger partial charge on any atom is -0.377 e. The number of anilines is 1. The highest BCUT2D eigenvalue weighted by Gasteiger charge is 2.42. The Kier molecular flexibility index (Phi) is 15.9. The molecule has 0 bridgehead atoms. The number of ether oxygens (including phenoxy) is 4. The van der Waals surface area contributed by atoms with Gasteiger partial charge in [-0.25, -0.2) is 9.78 Å². The van der Waals surface area contributed by atoms with E-state index < -0.39 is 0 Å². The summed E-state index contributed by atoms with van der Waals surface area (Å²) in [6.45, 7) is 9.81. The summed E-state index contributed by atoms with van der Waals surface area (Å²) < 4.78 is 24.7. The molecule has 4 amide bonds. The van der Waals surface area contributed by atoms with E-state index in [2.05, 4.69) is 45.4 Å². The van der Waals surface area contributed by atoms with Crippen LogP contribution in [-0.4, -0.2) is 115 Å². The Balaban J connectivity index is 0.886. The van der Waals surface area contributed by atoms with Crippen molar-refractivity contribution in [1.82, 2.24) is 30.8 Å². The molecule has 0 spiro atoms. The molecular weight excluding hydrogens is 626 g/mol. The Morgan fingerprint density at radius 3 is 2.47 bits per heavy atom. The number of imidazole rings is 1. The first-order valence-electron chi connectivity index (χ1n) is 17.2. The van der Waals surface area contributed by atoms with Crippen LogP contribution in [0.1, 0.15) is 71.9 Å². The third-order valence-electron chi connectivity index (χ3n) is 8.65. The number of amides is 4. The van der Waals surface area contributed by atoms with E-state index in [1.54, 1.807) is 6.33 Å². The van der Waals surface area contributed by atoms with E-state index in [1.807, 2.05) is 29.4 Å². The number of fused-ring (bicyclic) bond motifs is 1. The van der Waals surface area contributed by atoms with E-state index in [1.165, 1.54) is 0 Å². The first-order valence-corrected chi connectivity index (χ1v) is 18.3. The van der Waals surface area contributed by atoms with Crippen LogP contribution in [0.5, 0.6) is 0 Å². The first kappa shape index (κ1) is 37.2. The summed E-state index contributed by atoms with van der Waals surface area (Å²) in [7, 11) is 0. The van der Waals surface area contributed by atoms with Crippen LogP contribution >= 0.6 is 11.8 Å². The predicted octanol–water partition coefficient (Wildman–Crippen LogP) is 2.42. The van der Waals surface area contributed by atoms with Gasteiger partial charge in [0.25, 0.3) is 0 Å². The number of carbonyl (C=O) groups is 3. The van der Waals surface area contributed by atoms with Crippen LogP contribution in [0.2, 0.25) is 0 Å². The fourth-order valence-electron chi connectivity index (χ4n) is 6.18. The molecule has 1 aromatic heterocycles. The molecule has 15 heteroatoms. The van der Waals surface area contributed by atoms with E-state index in [4.69, 9.17) is 18.9 Å². The van der Waals surface area contributed by atoms with Gasteiger partial charge in [0, 0.05) is 48.9 Å². The lowest BCUT2D eigenvalue weighted by Gasteiger charge is -2.17. The van der Waals surface area contributed by atoms with Crippen LogP contribution in [-0.2, 0) is 28.5 Å². The summed E-state index contributed by atoms with van der Waals surface area (Å²) in [6.07, 6.45) is 9.75. The van der Waals surface area contributed by atoms with Crippen molar-refractivity contribution in [2.24, 2.45) is 5.92 Å².